The zero-order valence-electron chi connectivity index (χ0n) is 37.2. The first-order chi connectivity index (χ1) is 34.2. The highest BCUT2D eigenvalue weighted by molar-refractivity contribution is 6.15. The predicted octanol–water partition coefficient (Wildman–Crippen LogP) is 16.3. The average molecular weight is 882 g/mol. The van der Waals surface area contributed by atoms with Crippen molar-refractivity contribution in [3.63, 3.8) is 0 Å². The number of para-hydroxylation sites is 3. The van der Waals surface area contributed by atoms with Gasteiger partial charge in [-0.2, -0.15) is 0 Å². The third kappa shape index (κ3) is 6.38. The first-order valence-corrected chi connectivity index (χ1v) is 23.3. The van der Waals surface area contributed by atoms with E-state index < -0.39 is 0 Å². The summed E-state index contributed by atoms with van der Waals surface area (Å²) in [6.07, 6.45) is 0. The lowest BCUT2D eigenvalue weighted by Gasteiger charge is -2.11. The fourth-order valence-electron chi connectivity index (χ4n) is 10.4. The van der Waals surface area contributed by atoms with E-state index in [0.29, 0.717) is 17.5 Å². The molecule has 14 rings (SSSR count). The zero-order valence-corrected chi connectivity index (χ0v) is 37.2. The number of benzene rings is 10. The second-order valence-electron chi connectivity index (χ2n) is 17.6. The largest absolute Gasteiger partial charge is 0.456 e. The van der Waals surface area contributed by atoms with Crippen molar-refractivity contribution < 1.29 is 4.42 Å². The Morgan fingerprint density at radius 3 is 1.26 bits per heavy atom. The van der Waals surface area contributed by atoms with E-state index in [0.717, 1.165) is 77.7 Å². The lowest BCUT2D eigenvalue weighted by atomic mass is 9.99. The van der Waals surface area contributed by atoms with E-state index >= 15 is 0 Å². The molecule has 0 N–H and O–H groups in total. The molecule has 0 saturated heterocycles. The number of hydrogen-bond acceptors (Lipinski definition) is 4. The summed E-state index contributed by atoms with van der Waals surface area (Å²) in [5.74, 6) is 1.83. The molecule has 322 valence electrons. The molecule has 0 unspecified atom stereocenters. The maximum Gasteiger partial charge on any atom is 0.164 e. The van der Waals surface area contributed by atoms with Gasteiger partial charge in [-0.3, -0.25) is 0 Å². The quantitative estimate of drug-likeness (QED) is 0.160. The van der Waals surface area contributed by atoms with E-state index in [4.69, 9.17) is 19.4 Å². The Morgan fingerprint density at radius 2 is 0.710 bits per heavy atom. The maximum atomic E-state index is 6.56. The van der Waals surface area contributed by atoms with Crippen molar-refractivity contribution in [1.82, 2.24) is 24.1 Å². The molecule has 0 atom stereocenters. The lowest BCUT2D eigenvalue weighted by Crippen LogP contribution is -2.00. The Labute approximate surface area is 396 Å². The van der Waals surface area contributed by atoms with Gasteiger partial charge in [-0.15, -0.1) is 0 Å². The Bertz CT molecular complexity index is 4230. The Hall–Kier alpha value is -9.39. The van der Waals surface area contributed by atoms with Crippen LogP contribution < -0.4 is 0 Å². The lowest BCUT2D eigenvalue weighted by molar-refractivity contribution is 0.669. The summed E-state index contributed by atoms with van der Waals surface area (Å²) in [5, 5.41) is 6.84. The van der Waals surface area contributed by atoms with Crippen LogP contribution in [0.15, 0.2) is 241 Å². The maximum absolute atomic E-state index is 6.56. The van der Waals surface area contributed by atoms with E-state index in [1.54, 1.807) is 0 Å². The van der Waals surface area contributed by atoms with E-state index in [1.807, 2.05) is 72.8 Å². The highest BCUT2D eigenvalue weighted by atomic mass is 16.3. The standard InChI is InChI=1S/C63H39N5O/c1-5-16-40(17-6-1)61-64-62(41-18-7-2-8-19-41)66-63(65-61)52-25-15-27-59-60(52)53-36-42(31-35-58(53)69-59)43-28-33-50-51-34-30-45(39-57(51)68(56(50)37-43)47-22-11-4-12-23-47)44-29-32-49-48-24-13-14-26-54(48)67(55(49)38-44)46-20-9-3-10-21-46/h1-39H. The number of nitrogens with zero attached hydrogens (tertiary/aromatic N) is 5. The highest BCUT2D eigenvalue weighted by Gasteiger charge is 2.20. The van der Waals surface area contributed by atoms with Crippen LogP contribution in [-0.4, -0.2) is 24.1 Å². The van der Waals surface area contributed by atoms with Crippen molar-refractivity contribution in [3.8, 4) is 67.8 Å². The first kappa shape index (κ1) is 38.8. The van der Waals surface area contributed by atoms with Crippen molar-refractivity contribution in [2.24, 2.45) is 0 Å². The van der Waals surface area contributed by atoms with Gasteiger partial charge in [-0.25, -0.2) is 15.0 Å². The predicted molar refractivity (Wildman–Crippen MR) is 283 cm³/mol. The smallest absolute Gasteiger partial charge is 0.164 e. The Kier molecular flexibility index (Phi) is 8.79. The van der Waals surface area contributed by atoms with Gasteiger partial charge in [0.1, 0.15) is 11.2 Å². The summed E-state index contributed by atoms with van der Waals surface area (Å²) in [7, 11) is 0. The third-order valence-electron chi connectivity index (χ3n) is 13.6. The molecule has 0 fully saturated rings. The zero-order chi connectivity index (χ0) is 45.4. The van der Waals surface area contributed by atoms with Crippen LogP contribution in [0.4, 0.5) is 0 Å². The molecule has 0 radical (unpaired) electrons. The van der Waals surface area contributed by atoms with E-state index in [-0.39, 0.29) is 0 Å². The fourth-order valence-corrected chi connectivity index (χ4v) is 10.4. The first-order valence-electron chi connectivity index (χ1n) is 23.3. The number of furan rings is 1. The van der Waals surface area contributed by atoms with Crippen LogP contribution in [0, 0.1) is 0 Å². The van der Waals surface area contributed by atoms with Crippen LogP contribution in [0.2, 0.25) is 0 Å². The van der Waals surface area contributed by atoms with Gasteiger partial charge >= 0.3 is 0 Å². The van der Waals surface area contributed by atoms with Crippen molar-refractivity contribution in [3.05, 3.63) is 237 Å². The molecule has 14 aromatic rings. The molecule has 0 aliphatic carbocycles. The molecule has 0 amide bonds. The van der Waals surface area contributed by atoms with Crippen molar-refractivity contribution >= 4 is 65.6 Å². The summed E-state index contributed by atoms with van der Waals surface area (Å²) in [4.78, 5) is 15.2. The normalized spacial score (nSPS) is 11.8. The van der Waals surface area contributed by atoms with Gasteiger partial charge in [-0.05, 0) is 89.0 Å². The van der Waals surface area contributed by atoms with Gasteiger partial charge < -0.3 is 13.6 Å². The molecule has 4 aromatic heterocycles. The van der Waals surface area contributed by atoms with Gasteiger partial charge in [-0.1, -0.05) is 170 Å². The van der Waals surface area contributed by atoms with Crippen molar-refractivity contribution in [1.29, 1.82) is 0 Å². The molecule has 0 aliphatic rings. The van der Waals surface area contributed by atoms with E-state index in [9.17, 15) is 0 Å². The fraction of sp³-hybridized carbons (Fsp3) is 0. The summed E-state index contributed by atoms with van der Waals surface area (Å²) < 4.78 is 11.4. The summed E-state index contributed by atoms with van der Waals surface area (Å²) in [6.45, 7) is 0. The molecule has 0 bridgehead atoms. The van der Waals surface area contributed by atoms with Crippen LogP contribution in [0.25, 0.3) is 133 Å². The molecule has 0 saturated carbocycles. The Balaban J connectivity index is 0.923. The Morgan fingerprint density at radius 1 is 0.275 bits per heavy atom. The molecule has 6 nitrogen and oxygen atoms in total. The van der Waals surface area contributed by atoms with Crippen LogP contribution in [-0.2, 0) is 0 Å². The monoisotopic (exact) mass is 881 g/mol. The minimum Gasteiger partial charge on any atom is -0.456 e. The molecule has 4 heterocycles. The molecular weight excluding hydrogens is 843 g/mol. The minimum atomic E-state index is 0.591. The van der Waals surface area contributed by atoms with Crippen LogP contribution in [0.3, 0.4) is 0 Å². The third-order valence-corrected chi connectivity index (χ3v) is 13.6. The van der Waals surface area contributed by atoms with Crippen LogP contribution >= 0.6 is 0 Å². The molecule has 10 aromatic carbocycles. The van der Waals surface area contributed by atoms with E-state index in [1.165, 1.54) is 38.1 Å². The number of rotatable bonds is 7. The highest BCUT2D eigenvalue weighted by Crippen LogP contribution is 2.42. The second kappa shape index (κ2) is 15.6. The number of aromatic nitrogens is 5. The molecule has 0 aliphatic heterocycles. The summed E-state index contributed by atoms with van der Waals surface area (Å²) in [6, 6.07) is 83.6. The summed E-state index contributed by atoms with van der Waals surface area (Å²) in [5.41, 5.74) is 15.8. The van der Waals surface area contributed by atoms with Gasteiger partial charge in [0.15, 0.2) is 17.5 Å². The molecule has 69 heavy (non-hydrogen) atoms. The minimum absolute atomic E-state index is 0.591. The molecule has 6 heteroatoms. The van der Waals surface area contributed by atoms with Crippen molar-refractivity contribution in [2.45, 2.75) is 0 Å². The SMILES string of the molecule is c1ccc(-c2nc(-c3ccccc3)nc(-c3cccc4oc5ccc(-c6ccc7c8ccc(-c9ccc%10c%11ccccc%11n(-c%11ccccc%11)c%10c9)cc8n(-c8ccccc8)c7c6)cc5c34)n2)cc1. The van der Waals surface area contributed by atoms with Gasteiger partial charge in [0.2, 0.25) is 0 Å². The van der Waals surface area contributed by atoms with Gasteiger partial charge in [0.05, 0.1) is 22.1 Å². The topological polar surface area (TPSA) is 61.7 Å². The second-order valence-corrected chi connectivity index (χ2v) is 17.6. The molecular formula is C63H39N5O. The van der Waals surface area contributed by atoms with E-state index in [2.05, 4.69) is 173 Å². The summed E-state index contributed by atoms with van der Waals surface area (Å²) >= 11 is 0. The number of fused-ring (bicyclic) bond motifs is 9. The van der Waals surface area contributed by atoms with Gasteiger partial charge in [0.25, 0.3) is 0 Å². The average Bonchev–Trinajstić information content (AvgIpc) is 4.08. The number of hydrogen-bond donors (Lipinski definition) is 0. The van der Waals surface area contributed by atoms with Crippen LogP contribution in [0.1, 0.15) is 0 Å². The van der Waals surface area contributed by atoms with Crippen molar-refractivity contribution in [2.75, 3.05) is 0 Å². The molecule has 0 spiro atoms. The van der Waals surface area contributed by atoms with Crippen LogP contribution in [0.5, 0.6) is 0 Å². The van der Waals surface area contributed by atoms with Gasteiger partial charge in [0, 0.05) is 60.4 Å².